The van der Waals surface area contributed by atoms with Gasteiger partial charge in [0.1, 0.15) is 5.82 Å². The molecular weight excluding hydrogens is 480 g/mol. The van der Waals surface area contributed by atoms with Gasteiger partial charge in [0.15, 0.2) is 16.8 Å². The summed E-state index contributed by atoms with van der Waals surface area (Å²) in [6, 6.07) is 18.3. The standard InChI is InChI=1S/C22H13Cl3FN3OS/c23-14-6-8-16(17(24)10-14)21-27-28-22(29(21)15-7-9-19(26)18(25)11-15)31-12-20(30)13-4-2-1-3-5-13/h1-11H,12H2. The Kier molecular flexibility index (Phi) is 6.62. The molecule has 0 radical (unpaired) electrons. The maximum Gasteiger partial charge on any atom is 0.196 e. The first-order chi connectivity index (χ1) is 14.9. The fourth-order valence-electron chi connectivity index (χ4n) is 2.90. The molecule has 0 saturated carbocycles. The lowest BCUT2D eigenvalue weighted by Crippen LogP contribution is -2.05. The van der Waals surface area contributed by atoms with Crippen LogP contribution in [0.3, 0.4) is 0 Å². The van der Waals surface area contributed by atoms with Crippen molar-refractivity contribution in [3.8, 4) is 17.1 Å². The summed E-state index contributed by atoms with van der Waals surface area (Å²) in [6.45, 7) is 0. The lowest BCUT2D eigenvalue weighted by atomic mass is 10.2. The molecule has 9 heteroatoms. The average molecular weight is 493 g/mol. The number of rotatable bonds is 6. The zero-order valence-corrected chi connectivity index (χ0v) is 18.8. The minimum absolute atomic E-state index is 0.0457. The van der Waals surface area contributed by atoms with Crippen LogP contribution in [-0.4, -0.2) is 26.3 Å². The van der Waals surface area contributed by atoms with Gasteiger partial charge in [-0.2, -0.15) is 0 Å². The third-order valence-electron chi connectivity index (χ3n) is 4.39. The predicted molar refractivity (Wildman–Crippen MR) is 123 cm³/mol. The lowest BCUT2D eigenvalue weighted by molar-refractivity contribution is 0.102. The quantitative estimate of drug-likeness (QED) is 0.215. The molecule has 0 aliphatic rings. The van der Waals surface area contributed by atoms with E-state index in [1.165, 1.54) is 23.9 Å². The van der Waals surface area contributed by atoms with Crippen LogP contribution >= 0.6 is 46.6 Å². The van der Waals surface area contributed by atoms with Crippen LogP contribution in [-0.2, 0) is 0 Å². The van der Waals surface area contributed by atoms with E-state index in [0.717, 1.165) is 0 Å². The summed E-state index contributed by atoms with van der Waals surface area (Å²) in [5.74, 6) is -0.0359. The van der Waals surface area contributed by atoms with Crippen molar-refractivity contribution in [3.05, 3.63) is 93.2 Å². The first kappa shape index (κ1) is 21.8. The molecule has 0 fully saturated rings. The molecule has 0 atom stereocenters. The number of benzene rings is 3. The number of nitrogens with zero attached hydrogens (tertiary/aromatic N) is 3. The largest absolute Gasteiger partial charge is 0.293 e. The van der Waals surface area contributed by atoms with E-state index in [-0.39, 0.29) is 16.6 Å². The van der Waals surface area contributed by atoms with Gasteiger partial charge < -0.3 is 0 Å². The van der Waals surface area contributed by atoms with Crippen LogP contribution in [0.2, 0.25) is 15.1 Å². The molecule has 3 aromatic carbocycles. The Morgan fingerprint density at radius 3 is 2.42 bits per heavy atom. The topological polar surface area (TPSA) is 47.8 Å². The van der Waals surface area contributed by atoms with Crippen molar-refractivity contribution >= 4 is 52.3 Å². The second-order valence-corrected chi connectivity index (χ2v) is 8.64. The van der Waals surface area contributed by atoms with E-state index < -0.39 is 5.82 Å². The van der Waals surface area contributed by atoms with Crippen molar-refractivity contribution in [1.82, 2.24) is 14.8 Å². The zero-order valence-electron chi connectivity index (χ0n) is 15.7. The monoisotopic (exact) mass is 491 g/mol. The molecule has 0 unspecified atom stereocenters. The maximum atomic E-state index is 13.8. The second kappa shape index (κ2) is 9.40. The van der Waals surface area contributed by atoms with Gasteiger partial charge in [-0.25, -0.2) is 4.39 Å². The van der Waals surface area contributed by atoms with E-state index >= 15 is 0 Å². The van der Waals surface area contributed by atoms with Crippen LogP contribution in [0.25, 0.3) is 17.1 Å². The van der Waals surface area contributed by atoms with Crippen molar-refractivity contribution in [1.29, 1.82) is 0 Å². The summed E-state index contributed by atoms with van der Waals surface area (Å²) in [7, 11) is 0. The minimum atomic E-state index is -0.543. The van der Waals surface area contributed by atoms with Gasteiger partial charge in [0, 0.05) is 16.1 Å². The van der Waals surface area contributed by atoms with E-state index in [9.17, 15) is 9.18 Å². The lowest BCUT2D eigenvalue weighted by Gasteiger charge is -2.12. The normalized spacial score (nSPS) is 11.0. The Hall–Kier alpha value is -2.38. The Morgan fingerprint density at radius 2 is 1.71 bits per heavy atom. The molecule has 0 aliphatic carbocycles. The highest BCUT2D eigenvalue weighted by Crippen LogP contribution is 2.34. The molecule has 0 bridgehead atoms. The van der Waals surface area contributed by atoms with E-state index in [1.54, 1.807) is 41.0 Å². The van der Waals surface area contributed by atoms with Gasteiger partial charge in [0.05, 0.1) is 21.5 Å². The Labute approximate surface area is 197 Å². The maximum absolute atomic E-state index is 13.8. The number of hydrogen-bond acceptors (Lipinski definition) is 4. The minimum Gasteiger partial charge on any atom is -0.293 e. The van der Waals surface area contributed by atoms with Crippen LogP contribution in [0.4, 0.5) is 4.39 Å². The van der Waals surface area contributed by atoms with Crippen molar-refractivity contribution in [3.63, 3.8) is 0 Å². The van der Waals surface area contributed by atoms with E-state index in [1.807, 2.05) is 18.2 Å². The Morgan fingerprint density at radius 1 is 0.935 bits per heavy atom. The number of carbonyl (C=O) groups is 1. The third kappa shape index (κ3) is 4.77. The zero-order chi connectivity index (χ0) is 22.0. The highest BCUT2D eigenvalue weighted by molar-refractivity contribution is 7.99. The number of thioether (sulfide) groups is 1. The van der Waals surface area contributed by atoms with Gasteiger partial charge in [-0.1, -0.05) is 76.9 Å². The first-order valence-corrected chi connectivity index (χ1v) is 11.1. The van der Waals surface area contributed by atoms with Gasteiger partial charge in [0.2, 0.25) is 0 Å². The molecule has 0 spiro atoms. The molecule has 0 saturated heterocycles. The SMILES string of the molecule is O=C(CSc1nnc(-c2ccc(Cl)cc2Cl)n1-c1ccc(F)c(Cl)c1)c1ccccc1. The summed E-state index contributed by atoms with van der Waals surface area (Å²) >= 11 is 19.6. The molecule has 0 aliphatic heterocycles. The molecule has 1 heterocycles. The van der Waals surface area contributed by atoms with Gasteiger partial charge in [0.25, 0.3) is 0 Å². The van der Waals surface area contributed by atoms with Crippen LogP contribution < -0.4 is 0 Å². The van der Waals surface area contributed by atoms with Gasteiger partial charge in [-0.3, -0.25) is 9.36 Å². The highest BCUT2D eigenvalue weighted by atomic mass is 35.5. The van der Waals surface area contributed by atoms with Crippen LogP contribution in [0, 0.1) is 5.82 Å². The second-order valence-electron chi connectivity index (χ2n) is 6.44. The molecular formula is C22H13Cl3FN3OS. The van der Waals surface area contributed by atoms with Crippen molar-refractivity contribution in [2.75, 3.05) is 5.75 Å². The summed E-state index contributed by atoms with van der Waals surface area (Å²) in [5, 5.41) is 9.77. The number of halogens is 4. The Balaban J connectivity index is 1.75. The first-order valence-electron chi connectivity index (χ1n) is 9.01. The van der Waals surface area contributed by atoms with Crippen molar-refractivity contribution in [2.24, 2.45) is 0 Å². The number of hydrogen-bond donors (Lipinski definition) is 0. The molecule has 4 aromatic rings. The smallest absolute Gasteiger partial charge is 0.196 e. The fraction of sp³-hybridized carbons (Fsp3) is 0.0455. The van der Waals surface area contributed by atoms with Crippen molar-refractivity contribution in [2.45, 2.75) is 5.16 Å². The molecule has 156 valence electrons. The number of carbonyl (C=O) groups excluding carboxylic acids is 1. The number of Topliss-reactive ketones (excluding diaryl/α,β-unsaturated/α-hetero) is 1. The number of ketones is 1. The summed E-state index contributed by atoms with van der Waals surface area (Å²) in [5.41, 5.74) is 1.72. The molecule has 0 amide bonds. The van der Waals surface area contributed by atoms with E-state index in [0.29, 0.717) is 37.8 Å². The van der Waals surface area contributed by atoms with Crippen LogP contribution in [0.5, 0.6) is 0 Å². The summed E-state index contributed by atoms with van der Waals surface area (Å²) < 4.78 is 15.4. The van der Waals surface area contributed by atoms with E-state index in [2.05, 4.69) is 10.2 Å². The molecule has 0 N–H and O–H groups in total. The van der Waals surface area contributed by atoms with Crippen LogP contribution in [0.1, 0.15) is 10.4 Å². The fourth-order valence-corrected chi connectivity index (χ4v) is 4.42. The van der Waals surface area contributed by atoms with Gasteiger partial charge in [-0.15, -0.1) is 10.2 Å². The number of aromatic nitrogens is 3. The predicted octanol–water partition coefficient (Wildman–Crippen LogP) is 7.01. The summed E-state index contributed by atoms with van der Waals surface area (Å²) in [4.78, 5) is 12.5. The third-order valence-corrected chi connectivity index (χ3v) is 6.16. The molecule has 31 heavy (non-hydrogen) atoms. The van der Waals surface area contributed by atoms with Gasteiger partial charge >= 0.3 is 0 Å². The Bertz CT molecular complexity index is 1260. The van der Waals surface area contributed by atoms with E-state index in [4.69, 9.17) is 34.8 Å². The highest BCUT2D eigenvalue weighted by Gasteiger charge is 2.20. The van der Waals surface area contributed by atoms with Crippen LogP contribution in [0.15, 0.2) is 71.9 Å². The average Bonchev–Trinajstić information content (AvgIpc) is 3.18. The summed E-state index contributed by atoms with van der Waals surface area (Å²) in [6.07, 6.45) is 0. The molecule has 1 aromatic heterocycles. The van der Waals surface area contributed by atoms with Crippen molar-refractivity contribution < 1.29 is 9.18 Å². The van der Waals surface area contributed by atoms with Gasteiger partial charge in [-0.05, 0) is 36.4 Å². The molecule has 4 nitrogen and oxygen atoms in total. The molecule has 4 rings (SSSR count).